The fourth-order valence-electron chi connectivity index (χ4n) is 2.26. The van der Waals surface area contributed by atoms with E-state index in [1.54, 1.807) is 37.3 Å². The highest BCUT2D eigenvalue weighted by Crippen LogP contribution is 2.18. The Kier molecular flexibility index (Phi) is 7.78. The van der Waals surface area contributed by atoms with Crippen LogP contribution in [0.4, 0.5) is 0 Å². The van der Waals surface area contributed by atoms with Crippen LogP contribution < -0.4 is 5.32 Å². The highest BCUT2D eigenvalue weighted by molar-refractivity contribution is 5.93. The smallest absolute Gasteiger partial charge is 0.332 e. The molecule has 140 valence electrons. The first-order valence-corrected chi connectivity index (χ1v) is 8.52. The second-order valence-electron chi connectivity index (χ2n) is 5.52. The van der Waals surface area contributed by atoms with Crippen LogP contribution in [0.5, 0.6) is 0 Å². The third-order valence-corrected chi connectivity index (χ3v) is 3.53. The van der Waals surface area contributed by atoms with Crippen molar-refractivity contribution in [2.24, 2.45) is 0 Å². The monoisotopic (exact) mass is 367 g/mol. The third kappa shape index (κ3) is 6.78. The van der Waals surface area contributed by atoms with E-state index in [-0.39, 0.29) is 6.61 Å². The molecule has 0 aliphatic carbocycles. The molecule has 0 heterocycles. The zero-order valence-corrected chi connectivity index (χ0v) is 15.0. The molecule has 0 spiro atoms. The van der Waals surface area contributed by atoms with E-state index in [1.165, 1.54) is 0 Å². The summed E-state index contributed by atoms with van der Waals surface area (Å²) >= 11 is 0. The fraction of sp³-hybridized carbons (Fsp3) is 0.190. The zero-order valence-electron chi connectivity index (χ0n) is 15.0. The van der Waals surface area contributed by atoms with Crippen molar-refractivity contribution in [3.05, 3.63) is 83.9 Å². The van der Waals surface area contributed by atoms with Gasteiger partial charge in [0.2, 0.25) is 6.10 Å². The van der Waals surface area contributed by atoms with Gasteiger partial charge in [-0.2, -0.15) is 0 Å². The van der Waals surface area contributed by atoms with Crippen LogP contribution in [0, 0.1) is 0 Å². The minimum Gasteiger partial charge on any atom is -0.463 e. The SMILES string of the molecule is CCOC(=O)/C=C/C(=O)O[C@H](C(=O)NCc1ccccc1)c1ccccc1. The van der Waals surface area contributed by atoms with Gasteiger partial charge in [0.15, 0.2) is 0 Å². The standard InChI is InChI=1S/C21H21NO5/c1-2-26-18(23)13-14-19(24)27-20(17-11-7-4-8-12-17)21(25)22-15-16-9-5-3-6-10-16/h3-14,20H,2,15H2,1H3,(H,22,25)/b14-13+/t20-/m0/s1. The zero-order chi connectivity index (χ0) is 19.5. The molecule has 0 saturated carbocycles. The average molecular weight is 367 g/mol. The lowest BCUT2D eigenvalue weighted by Crippen LogP contribution is -2.31. The van der Waals surface area contributed by atoms with Gasteiger partial charge in [-0.15, -0.1) is 0 Å². The largest absolute Gasteiger partial charge is 0.463 e. The molecule has 0 saturated heterocycles. The van der Waals surface area contributed by atoms with Gasteiger partial charge in [0.1, 0.15) is 0 Å². The van der Waals surface area contributed by atoms with Crippen molar-refractivity contribution in [1.29, 1.82) is 0 Å². The molecule has 1 atom stereocenters. The van der Waals surface area contributed by atoms with Gasteiger partial charge in [-0.05, 0) is 12.5 Å². The maximum Gasteiger partial charge on any atom is 0.332 e. The number of amides is 1. The minimum atomic E-state index is -1.13. The van der Waals surface area contributed by atoms with Crippen LogP contribution in [0.15, 0.2) is 72.8 Å². The van der Waals surface area contributed by atoms with Gasteiger partial charge in [-0.1, -0.05) is 60.7 Å². The van der Waals surface area contributed by atoms with Crippen molar-refractivity contribution >= 4 is 17.8 Å². The molecule has 1 N–H and O–H groups in total. The lowest BCUT2D eigenvalue weighted by molar-refractivity contribution is -0.152. The molecule has 0 radical (unpaired) electrons. The van der Waals surface area contributed by atoms with Crippen LogP contribution in [-0.2, 0) is 30.4 Å². The lowest BCUT2D eigenvalue weighted by atomic mass is 10.1. The summed E-state index contributed by atoms with van der Waals surface area (Å²) < 4.78 is 9.97. The molecule has 0 fully saturated rings. The first kappa shape index (κ1) is 19.9. The second kappa shape index (κ2) is 10.6. The Morgan fingerprint density at radius 2 is 1.52 bits per heavy atom. The van der Waals surface area contributed by atoms with Crippen LogP contribution >= 0.6 is 0 Å². The maximum absolute atomic E-state index is 12.6. The van der Waals surface area contributed by atoms with Gasteiger partial charge in [0.05, 0.1) is 6.61 Å². The van der Waals surface area contributed by atoms with Crippen molar-refractivity contribution in [3.63, 3.8) is 0 Å². The Labute approximate surface area is 157 Å². The van der Waals surface area contributed by atoms with E-state index in [2.05, 4.69) is 5.32 Å². The summed E-state index contributed by atoms with van der Waals surface area (Å²) in [5, 5.41) is 2.76. The normalized spacial score (nSPS) is 11.6. The molecule has 2 aromatic carbocycles. The molecule has 2 rings (SSSR count). The summed E-state index contributed by atoms with van der Waals surface area (Å²) in [6, 6.07) is 18.1. The van der Waals surface area contributed by atoms with E-state index in [0.29, 0.717) is 12.1 Å². The summed E-state index contributed by atoms with van der Waals surface area (Å²) in [5.74, 6) is -1.92. The Bertz CT molecular complexity index is 787. The van der Waals surface area contributed by atoms with Crippen LogP contribution in [0.1, 0.15) is 24.2 Å². The number of esters is 2. The summed E-state index contributed by atoms with van der Waals surface area (Å²) in [4.78, 5) is 35.9. The van der Waals surface area contributed by atoms with E-state index in [4.69, 9.17) is 9.47 Å². The van der Waals surface area contributed by atoms with Gasteiger partial charge in [-0.25, -0.2) is 9.59 Å². The van der Waals surface area contributed by atoms with Gasteiger partial charge < -0.3 is 14.8 Å². The Hall–Kier alpha value is -3.41. The molecule has 0 aliphatic rings. The summed E-state index contributed by atoms with van der Waals surface area (Å²) in [6.45, 7) is 2.17. The van der Waals surface area contributed by atoms with Gasteiger partial charge in [0, 0.05) is 24.3 Å². The van der Waals surface area contributed by atoms with Crippen molar-refractivity contribution < 1.29 is 23.9 Å². The average Bonchev–Trinajstić information content (AvgIpc) is 2.70. The highest BCUT2D eigenvalue weighted by atomic mass is 16.5. The van der Waals surface area contributed by atoms with Gasteiger partial charge in [-0.3, -0.25) is 4.79 Å². The number of ether oxygens (including phenoxy) is 2. The van der Waals surface area contributed by atoms with Crippen LogP contribution in [0.25, 0.3) is 0 Å². The quantitative estimate of drug-likeness (QED) is 0.573. The molecular formula is C21H21NO5. The minimum absolute atomic E-state index is 0.201. The molecule has 2 aromatic rings. The van der Waals surface area contributed by atoms with Crippen molar-refractivity contribution in [2.45, 2.75) is 19.6 Å². The first-order chi connectivity index (χ1) is 13.1. The Balaban J connectivity index is 2.06. The predicted molar refractivity (Wildman–Crippen MR) is 99.3 cm³/mol. The number of rotatable bonds is 8. The number of benzene rings is 2. The van der Waals surface area contributed by atoms with Crippen LogP contribution in [0.3, 0.4) is 0 Å². The van der Waals surface area contributed by atoms with E-state index in [0.717, 1.165) is 17.7 Å². The van der Waals surface area contributed by atoms with Gasteiger partial charge in [0.25, 0.3) is 5.91 Å². The number of carbonyl (C=O) groups excluding carboxylic acids is 3. The number of hydrogen-bond donors (Lipinski definition) is 1. The topological polar surface area (TPSA) is 81.7 Å². The van der Waals surface area contributed by atoms with Gasteiger partial charge >= 0.3 is 11.9 Å². The van der Waals surface area contributed by atoms with Crippen molar-refractivity contribution in [1.82, 2.24) is 5.32 Å². The van der Waals surface area contributed by atoms with Crippen molar-refractivity contribution in [2.75, 3.05) is 6.61 Å². The van der Waals surface area contributed by atoms with E-state index in [1.807, 2.05) is 30.3 Å². The van der Waals surface area contributed by atoms with E-state index in [9.17, 15) is 14.4 Å². The maximum atomic E-state index is 12.6. The summed E-state index contributed by atoms with van der Waals surface area (Å²) in [5.41, 5.74) is 1.45. The molecule has 1 amide bonds. The van der Waals surface area contributed by atoms with Crippen LogP contribution in [0.2, 0.25) is 0 Å². The predicted octanol–water partition coefficient (Wildman–Crippen LogP) is 2.71. The molecule has 6 nitrogen and oxygen atoms in total. The molecule has 0 aromatic heterocycles. The Morgan fingerprint density at radius 3 is 2.15 bits per heavy atom. The molecular weight excluding hydrogens is 346 g/mol. The summed E-state index contributed by atoms with van der Waals surface area (Å²) in [6.07, 6.45) is 0.781. The van der Waals surface area contributed by atoms with Crippen molar-refractivity contribution in [3.8, 4) is 0 Å². The number of nitrogens with one attached hydrogen (secondary N) is 1. The molecule has 0 unspecified atom stereocenters. The van der Waals surface area contributed by atoms with E-state index < -0.39 is 23.9 Å². The third-order valence-electron chi connectivity index (χ3n) is 3.53. The molecule has 6 heteroatoms. The highest BCUT2D eigenvalue weighted by Gasteiger charge is 2.24. The van der Waals surface area contributed by atoms with Crippen LogP contribution in [-0.4, -0.2) is 24.5 Å². The van der Waals surface area contributed by atoms with E-state index >= 15 is 0 Å². The Morgan fingerprint density at radius 1 is 0.926 bits per heavy atom. The fourth-order valence-corrected chi connectivity index (χ4v) is 2.26. The lowest BCUT2D eigenvalue weighted by Gasteiger charge is -2.17. The second-order valence-corrected chi connectivity index (χ2v) is 5.52. The molecule has 27 heavy (non-hydrogen) atoms. The molecule has 0 aliphatic heterocycles. The first-order valence-electron chi connectivity index (χ1n) is 8.52. The summed E-state index contributed by atoms with van der Waals surface area (Å²) in [7, 11) is 0. The molecule has 0 bridgehead atoms. The number of carbonyl (C=O) groups is 3. The number of hydrogen-bond acceptors (Lipinski definition) is 5.